The molecule has 0 saturated carbocycles. The molecule has 0 saturated heterocycles. The molecule has 2 aromatic carbocycles. The molecule has 1 atom stereocenters. The molecule has 28 heavy (non-hydrogen) atoms. The van der Waals surface area contributed by atoms with Crippen molar-refractivity contribution in [2.75, 3.05) is 0 Å². The summed E-state index contributed by atoms with van der Waals surface area (Å²) in [6.07, 6.45) is 2.10. The van der Waals surface area contributed by atoms with Crippen molar-refractivity contribution in [3.8, 4) is 5.75 Å². The Morgan fingerprint density at radius 3 is 2.32 bits per heavy atom. The Morgan fingerprint density at radius 2 is 1.68 bits per heavy atom. The fourth-order valence-corrected chi connectivity index (χ4v) is 3.38. The fraction of sp³-hybridized carbons (Fsp3) is 0.333. The lowest BCUT2D eigenvalue weighted by Crippen LogP contribution is -2.30. The van der Waals surface area contributed by atoms with Crippen molar-refractivity contribution >= 4 is 16.8 Å². The summed E-state index contributed by atoms with van der Waals surface area (Å²) < 4.78 is 0. The van der Waals surface area contributed by atoms with Crippen LogP contribution in [0.2, 0.25) is 0 Å². The van der Waals surface area contributed by atoms with Gasteiger partial charge in [0.25, 0.3) is 0 Å². The highest BCUT2D eigenvalue weighted by atomic mass is 16.3. The van der Waals surface area contributed by atoms with Crippen molar-refractivity contribution in [3.63, 3.8) is 0 Å². The van der Waals surface area contributed by atoms with Crippen molar-refractivity contribution in [3.05, 3.63) is 71.4 Å². The molecule has 0 radical (unpaired) electrons. The van der Waals surface area contributed by atoms with Gasteiger partial charge in [0.2, 0.25) is 5.91 Å². The lowest BCUT2D eigenvalue weighted by atomic mass is 9.93. The molecule has 0 unspecified atom stereocenters. The number of amides is 1. The number of fused-ring (bicyclic) bond motifs is 1. The first-order chi connectivity index (χ1) is 13.4. The van der Waals surface area contributed by atoms with Gasteiger partial charge < -0.3 is 10.4 Å². The van der Waals surface area contributed by atoms with Gasteiger partial charge in [-0.2, -0.15) is 0 Å². The number of pyridine rings is 1. The minimum absolute atomic E-state index is 0.0338. The number of hydrogen-bond donors (Lipinski definition) is 2. The van der Waals surface area contributed by atoms with E-state index in [-0.39, 0.29) is 17.6 Å². The largest absolute Gasteiger partial charge is 0.505 e. The molecule has 3 rings (SSSR count). The van der Waals surface area contributed by atoms with Crippen molar-refractivity contribution < 1.29 is 9.90 Å². The van der Waals surface area contributed by atoms with E-state index in [2.05, 4.69) is 36.3 Å². The van der Waals surface area contributed by atoms with Gasteiger partial charge in [0.15, 0.2) is 0 Å². The Kier molecular flexibility index (Phi) is 5.98. The maximum absolute atomic E-state index is 12.6. The van der Waals surface area contributed by atoms with Gasteiger partial charge in [-0.05, 0) is 29.0 Å². The first-order valence-electron chi connectivity index (χ1n) is 9.82. The number of rotatable bonds is 6. The summed E-state index contributed by atoms with van der Waals surface area (Å²) in [7, 11) is 0. The lowest BCUT2D eigenvalue weighted by molar-refractivity contribution is -0.122. The maximum atomic E-state index is 12.6. The van der Waals surface area contributed by atoms with E-state index in [0.29, 0.717) is 23.4 Å². The van der Waals surface area contributed by atoms with Crippen molar-refractivity contribution in [2.24, 2.45) is 5.92 Å². The predicted molar refractivity (Wildman–Crippen MR) is 113 cm³/mol. The quantitative estimate of drug-likeness (QED) is 0.612. The molecule has 0 aliphatic heterocycles. The van der Waals surface area contributed by atoms with Gasteiger partial charge in [0.1, 0.15) is 11.3 Å². The van der Waals surface area contributed by atoms with Crippen LogP contribution < -0.4 is 5.32 Å². The number of phenols is 1. The molecular formula is C24H28N2O2. The molecule has 0 fully saturated rings. The highest BCUT2D eigenvalue weighted by molar-refractivity contribution is 5.86. The zero-order chi connectivity index (χ0) is 20.3. The summed E-state index contributed by atoms with van der Waals surface area (Å²) in [5.74, 6) is 0.770. The number of aromatic hydroxyl groups is 1. The average Bonchev–Trinajstić information content (AvgIpc) is 2.66. The molecule has 0 bridgehead atoms. The minimum atomic E-state index is -0.432. The number of nitrogens with one attached hydrogen (secondary N) is 1. The molecule has 2 N–H and O–H groups in total. The highest BCUT2D eigenvalue weighted by Gasteiger charge is 2.22. The van der Waals surface area contributed by atoms with E-state index in [0.717, 1.165) is 10.9 Å². The van der Waals surface area contributed by atoms with Gasteiger partial charge in [-0.1, -0.05) is 70.2 Å². The molecule has 4 heteroatoms. The van der Waals surface area contributed by atoms with Crippen LogP contribution in [-0.4, -0.2) is 16.0 Å². The van der Waals surface area contributed by atoms with E-state index in [4.69, 9.17) is 0 Å². The standard InChI is InChI=1S/C24H28N2O2/c1-15(2)14-21(27)26-22(19-9-7-17(8-10-19)16(3)4)20-12-11-18-6-5-13-25-23(18)24(20)28/h5-13,15-16,22,28H,14H2,1-4H3,(H,26,27)/t22-/m0/s1. The Bertz CT molecular complexity index is 962. The third-order valence-electron chi connectivity index (χ3n) is 4.93. The molecule has 3 aromatic rings. The Hall–Kier alpha value is -2.88. The zero-order valence-electron chi connectivity index (χ0n) is 16.9. The summed E-state index contributed by atoms with van der Waals surface area (Å²) >= 11 is 0. The van der Waals surface area contributed by atoms with Gasteiger partial charge in [0.05, 0.1) is 6.04 Å². The van der Waals surface area contributed by atoms with E-state index in [9.17, 15) is 9.90 Å². The summed E-state index contributed by atoms with van der Waals surface area (Å²) in [6, 6.07) is 15.3. The number of aromatic nitrogens is 1. The van der Waals surface area contributed by atoms with Crippen molar-refractivity contribution in [1.29, 1.82) is 0 Å². The number of carbonyl (C=O) groups excluding carboxylic acids is 1. The topological polar surface area (TPSA) is 62.2 Å². The molecule has 0 aliphatic rings. The first kappa shape index (κ1) is 19.9. The van der Waals surface area contributed by atoms with Crippen LogP contribution in [0, 0.1) is 5.92 Å². The summed E-state index contributed by atoms with van der Waals surface area (Å²) in [6.45, 7) is 8.34. The first-order valence-corrected chi connectivity index (χ1v) is 9.82. The molecule has 146 valence electrons. The van der Waals surface area contributed by atoms with Crippen LogP contribution in [0.15, 0.2) is 54.7 Å². The summed E-state index contributed by atoms with van der Waals surface area (Å²) in [4.78, 5) is 16.9. The second-order valence-corrected chi connectivity index (χ2v) is 8.00. The molecule has 1 aromatic heterocycles. The second-order valence-electron chi connectivity index (χ2n) is 8.00. The average molecular weight is 377 g/mol. The van der Waals surface area contributed by atoms with Gasteiger partial charge in [0, 0.05) is 23.6 Å². The number of benzene rings is 2. The van der Waals surface area contributed by atoms with Crippen molar-refractivity contribution in [2.45, 2.75) is 46.1 Å². The molecule has 0 aliphatic carbocycles. The Balaban J connectivity index is 2.05. The maximum Gasteiger partial charge on any atom is 0.221 e. The lowest BCUT2D eigenvalue weighted by Gasteiger charge is -2.22. The van der Waals surface area contributed by atoms with Crippen LogP contribution in [0.25, 0.3) is 10.9 Å². The van der Waals surface area contributed by atoms with E-state index in [1.807, 2.05) is 50.2 Å². The normalized spacial score (nSPS) is 12.5. The van der Waals surface area contributed by atoms with Crippen molar-refractivity contribution in [1.82, 2.24) is 10.3 Å². The van der Waals surface area contributed by atoms with E-state index < -0.39 is 6.04 Å². The Morgan fingerprint density at radius 1 is 1.00 bits per heavy atom. The third kappa shape index (κ3) is 4.33. The molecule has 0 spiro atoms. The summed E-state index contributed by atoms with van der Waals surface area (Å²) in [5.41, 5.74) is 3.37. The summed E-state index contributed by atoms with van der Waals surface area (Å²) in [5, 5.41) is 14.9. The number of nitrogens with zero attached hydrogens (tertiary/aromatic N) is 1. The number of hydrogen-bond acceptors (Lipinski definition) is 3. The minimum Gasteiger partial charge on any atom is -0.505 e. The zero-order valence-corrected chi connectivity index (χ0v) is 16.9. The fourth-order valence-electron chi connectivity index (χ4n) is 3.38. The van der Waals surface area contributed by atoms with Crippen LogP contribution in [0.3, 0.4) is 0 Å². The number of phenolic OH excluding ortho intramolecular Hbond substituents is 1. The molecule has 4 nitrogen and oxygen atoms in total. The molecule has 1 amide bonds. The van der Waals surface area contributed by atoms with Crippen LogP contribution in [-0.2, 0) is 4.79 Å². The molecular weight excluding hydrogens is 348 g/mol. The second kappa shape index (κ2) is 8.42. The van der Waals surface area contributed by atoms with Crippen LogP contribution >= 0.6 is 0 Å². The monoisotopic (exact) mass is 376 g/mol. The van der Waals surface area contributed by atoms with Crippen LogP contribution in [0.4, 0.5) is 0 Å². The highest BCUT2D eigenvalue weighted by Crippen LogP contribution is 2.35. The van der Waals surface area contributed by atoms with E-state index in [1.165, 1.54) is 5.56 Å². The van der Waals surface area contributed by atoms with E-state index >= 15 is 0 Å². The van der Waals surface area contributed by atoms with Crippen LogP contribution in [0.1, 0.15) is 62.8 Å². The SMILES string of the molecule is CC(C)CC(=O)N[C@@H](c1ccc(C(C)C)cc1)c1ccc2cccnc2c1O. The Labute approximate surface area is 166 Å². The van der Waals surface area contributed by atoms with Gasteiger partial charge in [-0.3, -0.25) is 9.78 Å². The smallest absolute Gasteiger partial charge is 0.221 e. The van der Waals surface area contributed by atoms with E-state index in [1.54, 1.807) is 6.20 Å². The van der Waals surface area contributed by atoms with Gasteiger partial charge >= 0.3 is 0 Å². The predicted octanol–water partition coefficient (Wildman–Crippen LogP) is 5.32. The van der Waals surface area contributed by atoms with Gasteiger partial charge in [-0.15, -0.1) is 0 Å². The van der Waals surface area contributed by atoms with Crippen LogP contribution in [0.5, 0.6) is 5.75 Å². The third-order valence-corrected chi connectivity index (χ3v) is 4.93. The molecule has 1 heterocycles. The number of carbonyl (C=O) groups is 1. The van der Waals surface area contributed by atoms with Gasteiger partial charge in [-0.25, -0.2) is 0 Å².